The van der Waals surface area contributed by atoms with Crippen molar-refractivity contribution in [2.24, 2.45) is 0 Å². The molecule has 3 aromatic rings. The molecule has 0 saturated carbocycles. The van der Waals surface area contributed by atoms with Gasteiger partial charge in [-0.1, -0.05) is 37.3 Å². The van der Waals surface area contributed by atoms with Gasteiger partial charge in [0, 0.05) is 56.7 Å². The van der Waals surface area contributed by atoms with E-state index in [0.29, 0.717) is 31.7 Å². The Morgan fingerprint density at radius 1 is 1.26 bits per heavy atom. The van der Waals surface area contributed by atoms with Crippen molar-refractivity contribution in [3.8, 4) is 0 Å². The molecule has 2 heterocycles. The molecule has 0 saturated heterocycles. The fraction of sp³-hybridized carbons (Fsp3) is 0.444. The average molecular weight is 497 g/mol. The number of aliphatic hydroxyl groups excluding tert-OH is 1. The third-order valence-corrected chi connectivity index (χ3v) is 7.50. The normalized spacial score (nSPS) is 15.1. The van der Waals surface area contributed by atoms with Crippen LogP contribution in [0.1, 0.15) is 28.4 Å². The number of amides is 1. The molecule has 188 valence electrons. The molecule has 2 atom stereocenters. The molecule has 1 amide bonds. The van der Waals surface area contributed by atoms with Crippen molar-refractivity contribution in [2.75, 3.05) is 43.9 Å². The van der Waals surface area contributed by atoms with E-state index in [1.54, 1.807) is 19.1 Å². The number of aromatic nitrogens is 1. The van der Waals surface area contributed by atoms with Crippen molar-refractivity contribution < 1.29 is 14.6 Å². The van der Waals surface area contributed by atoms with Crippen LogP contribution in [0.3, 0.4) is 0 Å². The van der Waals surface area contributed by atoms with Gasteiger partial charge in [0.1, 0.15) is 0 Å². The first kappa shape index (κ1) is 25.6. The molecule has 8 heteroatoms. The summed E-state index contributed by atoms with van der Waals surface area (Å²) in [6.45, 7) is 4.67. The summed E-state index contributed by atoms with van der Waals surface area (Å²) < 4.78 is 9.56. The standard InChI is InChI=1S/C27H36N4O3S/c1-4-20-18-31-11-13-35-30(2)24-16-21(15-22(20)26(24)31)27(33)29-23(14-19-8-6-5-7-9-19)25(32)17-28-10-12-34-3/h5-9,15-16,18,23,25,28,32H,4,10-14,17H2,1-3H3,(H,29,33)/t23-,25+/m0/s1. The van der Waals surface area contributed by atoms with E-state index in [2.05, 4.69) is 39.7 Å². The summed E-state index contributed by atoms with van der Waals surface area (Å²) in [5, 5.41) is 18.5. The molecule has 7 nitrogen and oxygen atoms in total. The fourth-order valence-corrected chi connectivity index (χ4v) is 5.46. The molecule has 0 bridgehead atoms. The lowest BCUT2D eigenvalue weighted by Gasteiger charge is -2.25. The molecule has 0 unspecified atom stereocenters. The van der Waals surface area contributed by atoms with Crippen LogP contribution in [0.15, 0.2) is 48.7 Å². The van der Waals surface area contributed by atoms with Crippen molar-refractivity contribution in [1.29, 1.82) is 0 Å². The van der Waals surface area contributed by atoms with Gasteiger partial charge < -0.3 is 29.3 Å². The maximum absolute atomic E-state index is 13.6. The minimum Gasteiger partial charge on any atom is -0.390 e. The number of nitrogens with one attached hydrogen (secondary N) is 2. The van der Waals surface area contributed by atoms with Crippen LogP contribution in [0, 0.1) is 0 Å². The molecule has 1 aliphatic heterocycles. The van der Waals surface area contributed by atoms with E-state index in [-0.39, 0.29) is 5.91 Å². The Labute approximate surface area is 212 Å². The van der Waals surface area contributed by atoms with Gasteiger partial charge in [-0.3, -0.25) is 4.79 Å². The van der Waals surface area contributed by atoms with Crippen molar-refractivity contribution in [1.82, 2.24) is 15.2 Å². The van der Waals surface area contributed by atoms with Crippen LogP contribution in [-0.4, -0.2) is 67.3 Å². The molecule has 0 spiro atoms. The second-order valence-corrected chi connectivity index (χ2v) is 10.2. The van der Waals surface area contributed by atoms with Gasteiger partial charge in [0.15, 0.2) is 0 Å². The summed E-state index contributed by atoms with van der Waals surface area (Å²) in [5.74, 6) is 0.818. The van der Waals surface area contributed by atoms with Crippen LogP contribution >= 0.6 is 11.9 Å². The number of aryl methyl sites for hydroxylation is 2. The first-order valence-electron chi connectivity index (χ1n) is 12.3. The van der Waals surface area contributed by atoms with Gasteiger partial charge in [-0.25, -0.2) is 0 Å². The van der Waals surface area contributed by atoms with E-state index in [0.717, 1.165) is 35.4 Å². The SMILES string of the molecule is CCc1cn2c3c(cc(C(=O)N[C@@H](Cc4ccccc4)[C@H](O)CNCCOC)cc13)N(C)SCC2. The number of methoxy groups -OCH3 is 1. The number of ether oxygens (including phenoxy) is 1. The van der Waals surface area contributed by atoms with Crippen molar-refractivity contribution in [3.63, 3.8) is 0 Å². The molecule has 2 aromatic carbocycles. The van der Waals surface area contributed by atoms with E-state index in [1.807, 2.05) is 42.5 Å². The smallest absolute Gasteiger partial charge is 0.251 e. The highest BCUT2D eigenvalue weighted by Crippen LogP contribution is 2.37. The highest BCUT2D eigenvalue weighted by Gasteiger charge is 2.25. The fourth-order valence-electron chi connectivity index (χ4n) is 4.63. The molecule has 0 fully saturated rings. The van der Waals surface area contributed by atoms with E-state index >= 15 is 0 Å². The molecule has 0 radical (unpaired) electrons. The molecule has 1 aliphatic rings. The molecule has 1 aromatic heterocycles. The summed E-state index contributed by atoms with van der Waals surface area (Å²) in [7, 11) is 3.71. The zero-order chi connectivity index (χ0) is 24.8. The minimum atomic E-state index is -0.744. The summed E-state index contributed by atoms with van der Waals surface area (Å²) >= 11 is 1.76. The third-order valence-electron chi connectivity index (χ3n) is 6.55. The lowest BCUT2D eigenvalue weighted by atomic mass is 10.00. The number of rotatable bonds is 11. The average Bonchev–Trinajstić information content (AvgIpc) is 3.15. The van der Waals surface area contributed by atoms with Crippen LogP contribution in [0.2, 0.25) is 0 Å². The third kappa shape index (κ3) is 6.01. The highest BCUT2D eigenvalue weighted by molar-refractivity contribution is 8.00. The van der Waals surface area contributed by atoms with E-state index in [9.17, 15) is 9.90 Å². The Morgan fingerprint density at radius 3 is 2.80 bits per heavy atom. The Balaban J connectivity index is 1.61. The predicted octanol–water partition coefficient (Wildman–Crippen LogP) is 3.24. The predicted molar refractivity (Wildman–Crippen MR) is 144 cm³/mol. The van der Waals surface area contributed by atoms with Gasteiger partial charge >= 0.3 is 0 Å². The van der Waals surface area contributed by atoms with Gasteiger partial charge in [-0.05, 0) is 48.0 Å². The summed E-state index contributed by atoms with van der Waals surface area (Å²) in [6.07, 6.45) is 2.93. The van der Waals surface area contributed by atoms with Crippen LogP contribution in [0.4, 0.5) is 5.69 Å². The number of benzene rings is 2. The largest absolute Gasteiger partial charge is 0.390 e. The van der Waals surface area contributed by atoms with E-state index in [4.69, 9.17) is 4.74 Å². The Kier molecular flexibility index (Phi) is 8.73. The number of hydrogen-bond acceptors (Lipinski definition) is 6. The molecular formula is C27H36N4O3S. The van der Waals surface area contributed by atoms with Crippen molar-refractivity contribution in [3.05, 3.63) is 65.4 Å². The number of nitrogens with zero attached hydrogens (tertiary/aromatic N) is 2. The van der Waals surface area contributed by atoms with Crippen LogP contribution in [-0.2, 0) is 24.1 Å². The lowest BCUT2D eigenvalue weighted by molar-refractivity contribution is 0.0825. The number of carbonyl (C=O) groups excluding carboxylic acids is 1. The minimum absolute atomic E-state index is 0.169. The Hall–Kier alpha value is -2.52. The number of carbonyl (C=O) groups is 1. The molecule has 3 N–H and O–H groups in total. The van der Waals surface area contributed by atoms with Crippen LogP contribution < -0.4 is 14.9 Å². The molecule has 4 rings (SSSR count). The van der Waals surface area contributed by atoms with Gasteiger partial charge in [-0.15, -0.1) is 0 Å². The maximum atomic E-state index is 13.6. The highest BCUT2D eigenvalue weighted by atomic mass is 32.2. The van der Waals surface area contributed by atoms with E-state index < -0.39 is 12.1 Å². The molecular weight excluding hydrogens is 460 g/mol. The quantitative estimate of drug-likeness (QED) is 0.279. The van der Waals surface area contributed by atoms with Gasteiger partial charge in [0.05, 0.1) is 30.0 Å². The second-order valence-electron chi connectivity index (χ2n) is 8.96. The van der Waals surface area contributed by atoms with Crippen molar-refractivity contribution in [2.45, 2.75) is 38.5 Å². The number of hydrogen-bond donors (Lipinski definition) is 3. The zero-order valence-electron chi connectivity index (χ0n) is 20.8. The Bertz CT molecular complexity index is 1130. The van der Waals surface area contributed by atoms with Crippen LogP contribution in [0.25, 0.3) is 10.9 Å². The summed E-state index contributed by atoms with van der Waals surface area (Å²) in [5.41, 5.74) is 5.17. The first-order valence-corrected chi connectivity index (χ1v) is 13.2. The number of aliphatic hydroxyl groups is 1. The van der Waals surface area contributed by atoms with Gasteiger partial charge in [0.2, 0.25) is 0 Å². The van der Waals surface area contributed by atoms with Gasteiger partial charge in [0.25, 0.3) is 5.91 Å². The maximum Gasteiger partial charge on any atom is 0.251 e. The first-order chi connectivity index (χ1) is 17.0. The van der Waals surface area contributed by atoms with Crippen LogP contribution in [0.5, 0.6) is 0 Å². The summed E-state index contributed by atoms with van der Waals surface area (Å²) in [6, 6.07) is 13.5. The van der Waals surface area contributed by atoms with Gasteiger partial charge in [-0.2, -0.15) is 0 Å². The topological polar surface area (TPSA) is 78.8 Å². The van der Waals surface area contributed by atoms with Crippen molar-refractivity contribution >= 4 is 34.4 Å². The second kappa shape index (κ2) is 11.9. The number of anilines is 1. The lowest BCUT2D eigenvalue weighted by Crippen LogP contribution is -2.49. The van der Waals surface area contributed by atoms with E-state index in [1.165, 1.54) is 11.1 Å². The summed E-state index contributed by atoms with van der Waals surface area (Å²) in [4.78, 5) is 13.6. The zero-order valence-corrected chi connectivity index (χ0v) is 21.6. The molecule has 35 heavy (non-hydrogen) atoms. The Morgan fingerprint density at radius 2 is 2.06 bits per heavy atom. The monoisotopic (exact) mass is 496 g/mol. The molecule has 0 aliphatic carbocycles.